The quantitative estimate of drug-likeness (QED) is 0.334. The molecule has 0 unspecified atom stereocenters. The highest BCUT2D eigenvalue weighted by atomic mass is 35.5. The van der Waals surface area contributed by atoms with Crippen LogP contribution in [0.3, 0.4) is 0 Å². The van der Waals surface area contributed by atoms with Crippen molar-refractivity contribution in [1.29, 1.82) is 0 Å². The first-order valence-electron chi connectivity index (χ1n) is 11.2. The third-order valence-electron chi connectivity index (χ3n) is 5.65. The van der Waals surface area contributed by atoms with E-state index in [2.05, 4.69) is 16.1 Å². The fraction of sp³-hybridized carbons (Fsp3) is 0.115. The molecule has 5 rings (SSSR count). The van der Waals surface area contributed by atoms with Gasteiger partial charge in [0.1, 0.15) is 17.0 Å². The second kappa shape index (κ2) is 10.1. The molecule has 4 aromatic rings. The minimum atomic E-state index is -0.968. The van der Waals surface area contributed by atoms with Crippen molar-refractivity contribution in [2.45, 2.75) is 6.54 Å². The number of hydrogen-bond acceptors (Lipinski definition) is 6. The van der Waals surface area contributed by atoms with Gasteiger partial charge in [-0.3, -0.25) is 19.8 Å². The molecule has 10 nitrogen and oxygen atoms in total. The van der Waals surface area contributed by atoms with Gasteiger partial charge < -0.3 is 24.8 Å². The van der Waals surface area contributed by atoms with Gasteiger partial charge in [0.15, 0.2) is 11.5 Å². The molecule has 188 valence electrons. The summed E-state index contributed by atoms with van der Waals surface area (Å²) in [6.45, 7) is 0.221. The maximum atomic E-state index is 13.2. The third-order valence-corrected chi connectivity index (χ3v) is 5.90. The second-order valence-corrected chi connectivity index (χ2v) is 8.47. The second-order valence-electron chi connectivity index (χ2n) is 8.04. The van der Waals surface area contributed by atoms with Crippen LogP contribution in [0.1, 0.15) is 16.1 Å². The number of carbonyl (C=O) groups excluding carboxylic acids is 3. The van der Waals surface area contributed by atoms with Gasteiger partial charge in [0.05, 0.1) is 7.11 Å². The summed E-state index contributed by atoms with van der Waals surface area (Å²) in [6.07, 6.45) is 0. The largest absolute Gasteiger partial charge is 0.494 e. The molecule has 0 aliphatic carbocycles. The maximum absolute atomic E-state index is 13.2. The summed E-state index contributed by atoms with van der Waals surface area (Å²) < 4.78 is 17.3. The molecule has 1 aliphatic rings. The van der Waals surface area contributed by atoms with E-state index >= 15 is 0 Å². The molecule has 3 amide bonds. The summed E-state index contributed by atoms with van der Waals surface area (Å²) in [5.41, 5.74) is 4.26. The highest BCUT2D eigenvalue weighted by molar-refractivity contribution is 6.38. The lowest BCUT2D eigenvalue weighted by molar-refractivity contribution is -0.136. The average molecular weight is 521 g/mol. The molecule has 1 aromatic heterocycles. The van der Waals surface area contributed by atoms with E-state index in [9.17, 15) is 14.4 Å². The Morgan fingerprint density at radius 3 is 2.54 bits per heavy atom. The van der Waals surface area contributed by atoms with Crippen LogP contribution < -0.4 is 30.3 Å². The predicted molar refractivity (Wildman–Crippen MR) is 137 cm³/mol. The first-order chi connectivity index (χ1) is 17.9. The van der Waals surface area contributed by atoms with E-state index in [-0.39, 0.29) is 19.0 Å². The molecule has 11 heteroatoms. The molecule has 0 bridgehead atoms. The van der Waals surface area contributed by atoms with Crippen LogP contribution in [-0.4, -0.2) is 36.3 Å². The lowest BCUT2D eigenvalue weighted by atomic mass is 10.2. The van der Waals surface area contributed by atoms with E-state index in [1.807, 2.05) is 0 Å². The number of anilines is 1. The van der Waals surface area contributed by atoms with E-state index in [0.717, 1.165) is 5.56 Å². The summed E-state index contributed by atoms with van der Waals surface area (Å²) in [4.78, 5) is 38.7. The summed E-state index contributed by atoms with van der Waals surface area (Å²) >= 11 is 5.93. The number of nitrogens with zero attached hydrogens (tertiary/aromatic N) is 1. The van der Waals surface area contributed by atoms with Gasteiger partial charge in [0.25, 0.3) is 5.91 Å². The number of nitrogens with one attached hydrogen (secondary N) is 3. The normalized spacial score (nSPS) is 11.7. The molecule has 0 radical (unpaired) electrons. The molecule has 37 heavy (non-hydrogen) atoms. The Hall–Kier alpha value is -4.70. The number of rotatable bonds is 6. The van der Waals surface area contributed by atoms with Crippen LogP contribution >= 0.6 is 11.6 Å². The lowest BCUT2D eigenvalue weighted by Gasteiger charge is -2.14. The van der Waals surface area contributed by atoms with Crippen LogP contribution in [0.4, 0.5) is 5.69 Å². The predicted octanol–water partition coefficient (Wildman–Crippen LogP) is 3.67. The fourth-order valence-electron chi connectivity index (χ4n) is 3.87. The Morgan fingerprint density at radius 2 is 1.76 bits per heavy atom. The molecule has 0 saturated carbocycles. The van der Waals surface area contributed by atoms with Crippen LogP contribution in [0.5, 0.6) is 17.2 Å². The van der Waals surface area contributed by atoms with Gasteiger partial charge in [-0.1, -0.05) is 29.8 Å². The number of methoxy groups -OCH3 is 1. The zero-order valence-corrected chi connectivity index (χ0v) is 20.3. The number of fused-ring (bicyclic) bond motifs is 2. The Balaban J connectivity index is 1.37. The number of para-hydroxylation sites is 1. The molecule has 3 N–H and O–H groups in total. The van der Waals surface area contributed by atoms with Crippen molar-refractivity contribution in [3.05, 3.63) is 83.0 Å². The molecule has 1 aliphatic heterocycles. The van der Waals surface area contributed by atoms with E-state index in [1.54, 1.807) is 66.7 Å². The molecule has 0 fully saturated rings. The SMILES string of the molecule is COc1cccc2cc(C(=O)Nc3ccc(Cl)cc3)n(NC(=O)C(=O)NCc3ccc4c(c3)OCO4)c12. The summed E-state index contributed by atoms with van der Waals surface area (Å²) in [6, 6.07) is 18.6. The monoisotopic (exact) mass is 520 g/mol. The zero-order chi connectivity index (χ0) is 25.9. The standard InChI is InChI=1S/C26H21ClN4O6/c1-35-21-4-2-3-16-12-19(24(32)29-18-8-6-17(27)7-9-18)31(23(16)21)30-26(34)25(33)28-13-15-5-10-20-22(11-15)37-14-36-20/h2-12H,13-14H2,1H3,(H,28,33)(H,29,32)(H,30,34). The van der Waals surface area contributed by atoms with Gasteiger partial charge >= 0.3 is 11.8 Å². The van der Waals surface area contributed by atoms with Crippen molar-refractivity contribution in [3.8, 4) is 17.2 Å². The van der Waals surface area contributed by atoms with E-state index in [4.69, 9.17) is 25.8 Å². The van der Waals surface area contributed by atoms with Crippen molar-refractivity contribution in [2.75, 3.05) is 24.6 Å². The summed E-state index contributed by atoms with van der Waals surface area (Å²) in [5, 5.41) is 6.48. The molecular formula is C26H21ClN4O6. The van der Waals surface area contributed by atoms with Crippen LogP contribution in [0.2, 0.25) is 5.02 Å². The van der Waals surface area contributed by atoms with Crippen LogP contribution in [0, 0.1) is 0 Å². The minimum absolute atomic E-state index is 0.0859. The number of hydrogen-bond donors (Lipinski definition) is 3. The smallest absolute Gasteiger partial charge is 0.328 e. The summed E-state index contributed by atoms with van der Waals surface area (Å²) in [5.74, 6) is -0.780. The molecule has 0 saturated heterocycles. The van der Waals surface area contributed by atoms with Gasteiger partial charge in [-0.05, 0) is 54.1 Å². The van der Waals surface area contributed by atoms with E-state index in [0.29, 0.717) is 38.9 Å². The van der Waals surface area contributed by atoms with Crippen molar-refractivity contribution in [2.24, 2.45) is 0 Å². The first-order valence-corrected chi connectivity index (χ1v) is 11.5. The fourth-order valence-corrected chi connectivity index (χ4v) is 4.00. The molecular weight excluding hydrogens is 500 g/mol. The molecule has 0 spiro atoms. The maximum Gasteiger partial charge on any atom is 0.328 e. The van der Waals surface area contributed by atoms with Crippen molar-refractivity contribution < 1.29 is 28.6 Å². The van der Waals surface area contributed by atoms with Gasteiger partial charge in [-0.2, -0.15) is 0 Å². The summed E-state index contributed by atoms with van der Waals surface area (Å²) in [7, 11) is 1.47. The Bertz CT molecular complexity index is 1520. The lowest BCUT2D eigenvalue weighted by Crippen LogP contribution is -2.39. The van der Waals surface area contributed by atoms with Gasteiger partial charge in [0.2, 0.25) is 6.79 Å². The number of benzene rings is 3. The third kappa shape index (κ3) is 5.00. The Kier molecular flexibility index (Phi) is 6.57. The number of amides is 3. The van der Waals surface area contributed by atoms with E-state index < -0.39 is 17.7 Å². The molecule has 0 atom stereocenters. The topological polar surface area (TPSA) is 120 Å². The first kappa shape index (κ1) is 24.0. The van der Waals surface area contributed by atoms with Crippen LogP contribution in [0.25, 0.3) is 10.9 Å². The molecule has 2 heterocycles. The van der Waals surface area contributed by atoms with Crippen molar-refractivity contribution >= 4 is 45.9 Å². The van der Waals surface area contributed by atoms with Crippen molar-refractivity contribution in [3.63, 3.8) is 0 Å². The van der Waals surface area contributed by atoms with Crippen LogP contribution in [0.15, 0.2) is 66.7 Å². The zero-order valence-electron chi connectivity index (χ0n) is 19.5. The van der Waals surface area contributed by atoms with Gasteiger partial charge in [-0.15, -0.1) is 0 Å². The number of ether oxygens (including phenoxy) is 3. The Morgan fingerprint density at radius 1 is 0.973 bits per heavy atom. The average Bonchev–Trinajstić information content (AvgIpc) is 3.53. The number of carbonyl (C=O) groups is 3. The van der Waals surface area contributed by atoms with Crippen LogP contribution in [-0.2, 0) is 16.1 Å². The van der Waals surface area contributed by atoms with Gasteiger partial charge in [0, 0.05) is 22.6 Å². The van der Waals surface area contributed by atoms with E-state index in [1.165, 1.54) is 11.8 Å². The number of aromatic nitrogens is 1. The highest BCUT2D eigenvalue weighted by Gasteiger charge is 2.23. The van der Waals surface area contributed by atoms with Gasteiger partial charge in [-0.25, -0.2) is 4.68 Å². The molecule has 3 aromatic carbocycles. The minimum Gasteiger partial charge on any atom is -0.494 e. The Labute approximate surface area is 216 Å². The highest BCUT2D eigenvalue weighted by Crippen LogP contribution is 2.32. The van der Waals surface area contributed by atoms with Crippen molar-refractivity contribution in [1.82, 2.24) is 9.99 Å². The number of halogens is 1.